The molecule has 44 heavy (non-hydrogen) atoms. The van der Waals surface area contributed by atoms with E-state index in [1.54, 1.807) is 11.3 Å². The van der Waals surface area contributed by atoms with Gasteiger partial charge in [0.2, 0.25) is 0 Å². The fraction of sp³-hybridized carbons (Fsp3) is 0. The number of rotatable bonds is 4. The fourth-order valence-corrected chi connectivity index (χ4v) is 7.34. The van der Waals surface area contributed by atoms with E-state index < -0.39 is 0 Å². The maximum Gasteiger partial charge on any atom is 0.164 e. The average Bonchev–Trinajstić information content (AvgIpc) is 3.67. The number of benzene rings is 6. The predicted octanol–water partition coefficient (Wildman–Crippen LogP) is 10.8. The van der Waals surface area contributed by atoms with Crippen LogP contribution in [0, 0.1) is 0 Å². The molecule has 0 saturated carbocycles. The van der Waals surface area contributed by atoms with Crippen molar-refractivity contribution in [3.8, 4) is 45.3 Å². The molecule has 0 spiro atoms. The van der Waals surface area contributed by atoms with Gasteiger partial charge in [0.1, 0.15) is 11.2 Å². The number of aromatic nitrogens is 3. The van der Waals surface area contributed by atoms with Crippen molar-refractivity contribution < 1.29 is 4.42 Å². The van der Waals surface area contributed by atoms with Crippen LogP contribution in [0.25, 0.3) is 87.4 Å². The molecule has 6 aromatic carbocycles. The first kappa shape index (κ1) is 24.9. The van der Waals surface area contributed by atoms with Crippen molar-refractivity contribution in [1.82, 2.24) is 15.0 Å². The van der Waals surface area contributed by atoms with Gasteiger partial charge in [-0.15, -0.1) is 11.3 Å². The van der Waals surface area contributed by atoms with Gasteiger partial charge in [-0.3, -0.25) is 0 Å². The minimum Gasteiger partial charge on any atom is -0.456 e. The van der Waals surface area contributed by atoms with Gasteiger partial charge in [0.05, 0.1) is 0 Å². The summed E-state index contributed by atoms with van der Waals surface area (Å²) in [7, 11) is 0. The van der Waals surface area contributed by atoms with Crippen molar-refractivity contribution in [3.05, 3.63) is 140 Å². The second kappa shape index (κ2) is 9.97. The van der Waals surface area contributed by atoms with Gasteiger partial charge in [-0.2, -0.15) is 0 Å². The van der Waals surface area contributed by atoms with E-state index in [9.17, 15) is 0 Å². The van der Waals surface area contributed by atoms with Crippen LogP contribution in [0.5, 0.6) is 0 Å². The van der Waals surface area contributed by atoms with E-state index in [2.05, 4.69) is 78.9 Å². The van der Waals surface area contributed by atoms with E-state index in [4.69, 9.17) is 19.4 Å². The van der Waals surface area contributed by atoms with Crippen molar-refractivity contribution >= 4 is 53.4 Å². The lowest BCUT2D eigenvalue weighted by molar-refractivity contribution is 0.669. The van der Waals surface area contributed by atoms with Gasteiger partial charge in [0.25, 0.3) is 0 Å². The quantitative estimate of drug-likeness (QED) is 0.207. The molecule has 0 aliphatic rings. The molecule has 3 aromatic heterocycles. The van der Waals surface area contributed by atoms with E-state index in [0.717, 1.165) is 49.8 Å². The summed E-state index contributed by atoms with van der Waals surface area (Å²) in [4.78, 5) is 15.4. The lowest BCUT2D eigenvalue weighted by Crippen LogP contribution is -2.01. The zero-order valence-corrected chi connectivity index (χ0v) is 24.3. The minimum atomic E-state index is 0.630. The number of furan rings is 1. The standard InChI is InChI=1S/C39H23N3OS/c1-2-12-24(13-3-1)37-40-38(42-39(41-37)30-19-11-23-34-36(30)29-17-7-9-22-33(29)44-34)27-15-5-4-14-25(27)26-18-10-21-32-35(26)28-16-6-8-20-31(28)43-32/h1-23H. The number of fused-ring (bicyclic) bond motifs is 6. The van der Waals surface area contributed by atoms with Crippen LogP contribution in [0.1, 0.15) is 0 Å². The molecule has 0 aliphatic heterocycles. The van der Waals surface area contributed by atoms with Crippen LogP contribution in [0.3, 0.4) is 0 Å². The van der Waals surface area contributed by atoms with Gasteiger partial charge in [-0.05, 0) is 35.4 Å². The Morgan fingerprint density at radius 1 is 0.386 bits per heavy atom. The van der Waals surface area contributed by atoms with E-state index in [-0.39, 0.29) is 0 Å². The number of para-hydroxylation sites is 1. The zero-order valence-electron chi connectivity index (χ0n) is 23.4. The summed E-state index contributed by atoms with van der Waals surface area (Å²) in [6.45, 7) is 0. The molecule has 3 heterocycles. The average molecular weight is 582 g/mol. The van der Waals surface area contributed by atoms with Crippen molar-refractivity contribution in [2.24, 2.45) is 0 Å². The molecule has 0 fully saturated rings. The zero-order chi connectivity index (χ0) is 29.0. The van der Waals surface area contributed by atoms with Crippen LogP contribution < -0.4 is 0 Å². The Labute approximate surface area is 256 Å². The molecule has 5 heteroatoms. The van der Waals surface area contributed by atoms with Gasteiger partial charge in [-0.25, -0.2) is 15.0 Å². The molecule has 0 atom stereocenters. The van der Waals surface area contributed by atoms with Crippen molar-refractivity contribution in [2.75, 3.05) is 0 Å². The second-order valence-electron chi connectivity index (χ2n) is 10.8. The number of hydrogen-bond donors (Lipinski definition) is 0. The van der Waals surface area contributed by atoms with Gasteiger partial charge in [0.15, 0.2) is 17.5 Å². The normalized spacial score (nSPS) is 11.6. The molecule has 9 aromatic rings. The first-order valence-electron chi connectivity index (χ1n) is 14.5. The summed E-state index contributed by atoms with van der Waals surface area (Å²) in [6.07, 6.45) is 0. The van der Waals surface area contributed by atoms with Crippen LogP contribution in [0.2, 0.25) is 0 Å². The molecule has 0 bridgehead atoms. The maximum absolute atomic E-state index is 6.24. The molecule has 0 radical (unpaired) electrons. The SMILES string of the molecule is c1ccc(-c2nc(-c3ccccc3-c3cccc4oc5ccccc5c34)nc(-c3cccc4sc5ccccc5c34)n2)cc1. The number of thiophene rings is 1. The van der Waals surface area contributed by atoms with Crippen LogP contribution >= 0.6 is 11.3 Å². The van der Waals surface area contributed by atoms with Crippen LogP contribution in [0.15, 0.2) is 144 Å². The first-order chi connectivity index (χ1) is 21.8. The highest BCUT2D eigenvalue weighted by atomic mass is 32.1. The van der Waals surface area contributed by atoms with Crippen LogP contribution in [0.4, 0.5) is 0 Å². The topological polar surface area (TPSA) is 51.8 Å². The molecule has 206 valence electrons. The largest absolute Gasteiger partial charge is 0.456 e. The van der Waals surface area contributed by atoms with Crippen LogP contribution in [-0.2, 0) is 0 Å². The summed E-state index contributed by atoms with van der Waals surface area (Å²) >= 11 is 1.79. The molecule has 4 nitrogen and oxygen atoms in total. The van der Waals surface area contributed by atoms with E-state index in [0.29, 0.717) is 17.5 Å². The van der Waals surface area contributed by atoms with Crippen molar-refractivity contribution in [3.63, 3.8) is 0 Å². The Morgan fingerprint density at radius 3 is 1.86 bits per heavy atom. The fourth-order valence-electron chi connectivity index (χ4n) is 6.21. The predicted molar refractivity (Wildman–Crippen MR) is 182 cm³/mol. The van der Waals surface area contributed by atoms with E-state index in [1.165, 1.54) is 20.2 Å². The Balaban J connectivity index is 1.33. The first-order valence-corrected chi connectivity index (χ1v) is 15.4. The summed E-state index contributed by atoms with van der Waals surface area (Å²) in [6, 6.07) is 47.9. The van der Waals surface area contributed by atoms with E-state index >= 15 is 0 Å². The van der Waals surface area contributed by atoms with Crippen LogP contribution in [-0.4, -0.2) is 15.0 Å². The number of nitrogens with zero attached hydrogens (tertiary/aromatic N) is 3. The monoisotopic (exact) mass is 581 g/mol. The third kappa shape index (κ3) is 3.94. The summed E-state index contributed by atoms with van der Waals surface area (Å²) < 4.78 is 8.70. The highest BCUT2D eigenvalue weighted by molar-refractivity contribution is 7.25. The lowest BCUT2D eigenvalue weighted by atomic mass is 9.95. The Morgan fingerprint density at radius 2 is 0.977 bits per heavy atom. The highest BCUT2D eigenvalue weighted by Crippen LogP contribution is 2.42. The number of hydrogen-bond acceptors (Lipinski definition) is 5. The molecule has 0 N–H and O–H groups in total. The maximum atomic E-state index is 6.24. The van der Waals surface area contributed by atoms with Crippen molar-refractivity contribution in [2.45, 2.75) is 0 Å². The summed E-state index contributed by atoms with van der Waals surface area (Å²) in [5.41, 5.74) is 6.74. The Bertz CT molecular complexity index is 2510. The molecule has 0 aliphatic carbocycles. The van der Waals surface area contributed by atoms with E-state index in [1.807, 2.05) is 60.7 Å². The molecule has 0 amide bonds. The molecule has 0 saturated heterocycles. The van der Waals surface area contributed by atoms with Gasteiger partial charge in [0, 0.05) is 47.6 Å². The Kier molecular flexibility index (Phi) is 5.64. The summed E-state index contributed by atoms with van der Waals surface area (Å²) in [5.74, 6) is 1.93. The smallest absolute Gasteiger partial charge is 0.164 e. The molecular weight excluding hydrogens is 559 g/mol. The summed E-state index contributed by atoms with van der Waals surface area (Å²) in [5, 5.41) is 4.56. The van der Waals surface area contributed by atoms with Gasteiger partial charge < -0.3 is 4.42 Å². The molecule has 0 unspecified atom stereocenters. The lowest BCUT2D eigenvalue weighted by Gasteiger charge is -2.13. The molecule has 9 rings (SSSR count). The van der Waals surface area contributed by atoms with Gasteiger partial charge >= 0.3 is 0 Å². The minimum absolute atomic E-state index is 0.630. The Hall–Kier alpha value is -5.65. The molecular formula is C39H23N3OS. The second-order valence-corrected chi connectivity index (χ2v) is 11.9. The third-order valence-corrected chi connectivity index (χ3v) is 9.31. The van der Waals surface area contributed by atoms with Gasteiger partial charge in [-0.1, -0.05) is 115 Å². The third-order valence-electron chi connectivity index (χ3n) is 8.17. The highest BCUT2D eigenvalue weighted by Gasteiger charge is 2.20. The van der Waals surface area contributed by atoms with Crippen molar-refractivity contribution in [1.29, 1.82) is 0 Å².